The highest BCUT2D eigenvalue weighted by atomic mass is 35.5. The maximum Gasteiger partial charge on any atom is 0.227 e. The monoisotopic (exact) mass is 359 g/mol. The first-order valence-corrected chi connectivity index (χ1v) is 8.14. The van der Waals surface area contributed by atoms with Gasteiger partial charge in [-0.15, -0.1) is 24.8 Å². The first kappa shape index (κ1) is 20.1. The van der Waals surface area contributed by atoms with Crippen molar-refractivity contribution < 1.29 is 4.79 Å². The maximum atomic E-state index is 12.6. The van der Waals surface area contributed by atoms with Gasteiger partial charge in [-0.1, -0.05) is 12.1 Å². The summed E-state index contributed by atoms with van der Waals surface area (Å²) in [6, 6.07) is 8.28. The van der Waals surface area contributed by atoms with E-state index >= 15 is 0 Å². The van der Waals surface area contributed by atoms with E-state index < -0.39 is 0 Å². The summed E-state index contributed by atoms with van der Waals surface area (Å²) in [6.45, 7) is 7.09. The molecule has 0 aliphatic carbocycles. The highest BCUT2D eigenvalue weighted by Crippen LogP contribution is 2.33. The summed E-state index contributed by atoms with van der Waals surface area (Å²) in [6.07, 6.45) is 2.91. The first-order chi connectivity index (χ1) is 10.3. The summed E-state index contributed by atoms with van der Waals surface area (Å²) >= 11 is 0. The Bertz CT molecular complexity index is 506. The van der Waals surface area contributed by atoms with Crippen LogP contribution in [0, 0.1) is 5.92 Å². The summed E-state index contributed by atoms with van der Waals surface area (Å²) < 4.78 is 0. The van der Waals surface area contributed by atoms with Crippen LogP contribution < -0.4 is 15.1 Å². The van der Waals surface area contributed by atoms with Crippen molar-refractivity contribution in [2.45, 2.75) is 26.2 Å². The smallest absolute Gasteiger partial charge is 0.227 e. The maximum absolute atomic E-state index is 12.6. The molecular formula is C17H27Cl2N3O. The second kappa shape index (κ2) is 9.36. The lowest BCUT2D eigenvalue weighted by atomic mass is 10.0. The fraction of sp³-hybridized carbons (Fsp3) is 0.588. The second-order valence-corrected chi connectivity index (χ2v) is 6.01. The minimum Gasteiger partial charge on any atom is -0.368 e. The number of carbonyl (C=O) groups is 1. The van der Waals surface area contributed by atoms with E-state index in [2.05, 4.69) is 35.3 Å². The van der Waals surface area contributed by atoms with E-state index in [0.29, 0.717) is 12.3 Å². The van der Waals surface area contributed by atoms with Gasteiger partial charge in [-0.25, -0.2) is 0 Å². The topological polar surface area (TPSA) is 35.6 Å². The minimum atomic E-state index is 0. The van der Waals surface area contributed by atoms with Crippen LogP contribution in [0.4, 0.5) is 11.4 Å². The third-order valence-corrected chi connectivity index (χ3v) is 4.72. The average molecular weight is 360 g/mol. The van der Waals surface area contributed by atoms with Gasteiger partial charge in [-0.2, -0.15) is 0 Å². The van der Waals surface area contributed by atoms with Gasteiger partial charge in [0.05, 0.1) is 11.4 Å². The van der Waals surface area contributed by atoms with Crippen LogP contribution in [0.15, 0.2) is 24.3 Å². The fourth-order valence-electron chi connectivity index (χ4n) is 3.43. The van der Waals surface area contributed by atoms with Crippen molar-refractivity contribution in [1.29, 1.82) is 0 Å². The average Bonchev–Trinajstić information content (AvgIpc) is 3.05. The summed E-state index contributed by atoms with van der Waals surface area (Å²) in [4.78, 5) is 16.9. The molecule has 0 saturated carbocycles. The highest BCUT2D eigenvalue weighted by molar-refractivity contribution is 5.97. The molecule has 3 rings (SSSR count). The molecular weight excluding hydrogens is 333 g/mol. The molecule has 0 radical (unpaired) electrons. The van der Waals surface area contributed by atoms with Crippen molar-refractivity contribution in [3.63, 3.8) is 0 Å². The Balaban J connectivity index is 0.00000132. The van der Waals surface area contributed by atoms with Gasteiger partial charge in [0.2, 0.25) is 5.91 Å². The van der Waals surface area contributed by atoms with Gasteiger partial charge in [-0.3, -0.25) is 4.79 Å². The van der Waals surface area contributed by atoms with Gasteiger partial charge in [0, 0.05) is 26.1 Å². The van der Waals surface area contributed by atoms with Crippen molar-refractivity contribution in [2.24, 2.45) is 5.92 Å². The lowest BCUT2D eigenvalue weighted by Crippen LogP contribution is -2.44. The third-order valence-electron chi connectivity index (χ3n) is 4.72. The minimum absolute atomic E-state index is 0. The summed E-state index contributed by atoms with van der Waals surface area (Å²) in [5.41, 5.74) is 2.28. The normalized spacial score (nSPS) is 19.6. The van der Waals surface area contributed by atoms with E-state index in [1.807, 2.05) is 11.0 Å². The molecule has 2 heterocycles. The molecule has 2 aliphatic heterocycles. The predicted octanol–water partition coefficient (Wildman–Crippen LogP) is 3.09. The van der Waals surface area contributed by atoms with Gasteiger partial charge in [-0.05, 0) is 50.9 Å². The number of rotatable bonds is 4. The number of benzene rings is 1. The number of hydrogen-bond acceptors (Lipinski definition) is 3. The Morgan fingerprint density at radius 3 is 2.61 bits per heavy atom. The van der Waals surface area contributed by atoms with Crippen molar-refractivity contribution in [1.82, 2.24) is 5.32 Å². The Morgan fingerprint density at radius 1 is 1.22 bits per heavy atom. The Hall–Kier alpha value is -0.970. The molecule has 0 bridgehead atoms. The van der Waals surface area contributed by atoms with E-state index in [-0.39, 0.29) is 30.7 Å². The molecule has 23 heavy (non-hydrogen) atoms. The van der Waals surface area contributed by atoms with Crippen LogP contribution in [-0.4, -0.2) is 38.6 Å². The number of para-hydroxylation sites is 2. The summed E-state index contributed by atoms with van der Waals surface area (Å²) in [5, 5.41) is 3.37. The summed E-state index contributed by atoms with van der Waals surface area (Å²) in [7, 11) is 0. The van der Waals surface area contributed by atoms with Gasteiger partial charge in [0.25, 0.3) is 0 Å². The van der Waals surface area contributed by atoms with Crippen molar-refractivity contribution in [3.8, 4) is 0 Å². The molecule has 130 valence electrons. The molecule has 1 fully saturated rings. The molecule has 1 unspecified atom stereocenters. The van der Waals surface area contributed by atoms with Crippen LogP contribution in [-0.2, 0) is 4.79 Å². The first-order valence-electron chi connectivity index (χ1n) is 8.14. The molecule has 6 heteroatoms. The zero-order valence-corrected chi connectivity index (χ0v) is 15.3. The number of halogens is 2. The van der Waals surface area contributed by atoms with E-state index in [1.54, 1.807) is 0 Å². The van der Waals surface area contributed by atoms with Crippen molar-refractivity contribution >= 4 is 42.1 Å². The molecule has 1 saturated heterocycles. The van der Waals surface area contributed by atoms with Gasteiger partial charge in [0.15, 0.2) is 0 Å². The van der Waals surface area contributed by atoms with Crippen LogP contribution in [0.5, 0.6) is 0 Å². The van der Waals surface area contributed by atoms with Crippen LogP contribution in [0.2, 0.25) is 0 Å². The quantitative estimate of drug-likeness (QED) is 0.896. The number of fused-ring (bicyclic) bond motifs is 1. The third kappa shape index (κ3) is 4.52. The predicted molar refractivity (Wildman–Crippen MR) is 101 cm³/mol. The number of anilines is 2. The van der Waals surface area contributed by atoms with Gasteiger partial charge < -0.3 is 15.1 Å². The lowest BCUT2D eigenvalue weighted by Gasteiger charge is -2.37. The van der Waals surface area contributed by atoms with E-state index in [4.69, 9.17) is 0 Å². The highest BCUT2D eigenvalue weighted by Gasteiger charge is 2.26. The molecule has 2 aliphatic rings. The molecule has 4 nitrogen and oxygen atoms in total. The fourth-order valence-corrected chi connectivity index (χ4v) is 3.43. The number of carbonyl (C=O) groups excluding carboxylic acids is 1. The molecule has 1 aromatic rings. The van der Waals surface area contributed by atoms with Crippen LogP contribution in [0.1, 0.15) is 26.2 Å². The largest absolute Gasteiger partial charge is 0.368 e. The Morgan fingerprint density at radius 2 is 1.96 bits per heavy atom. The Labute approximate surface area is 151 Å². The van der Waals surface area contributed by atoms with Crippen LogP contribution >= 0.6 is 24.8 Å². The van der Waals surface area contributed by atoms with E-state index in [0.717, 1.165) is 44.8 Å². The molecule has 1 aromatic carbocycles. The number of nitrogens with zero attached hydrogens (tertiary/aromatic N) is 2. The standard InChI is InChI=1S/C17H25N3O.2ClH/c1-2-19-11-12-20(16-6-4-3-5-15(16)19)17(21)8-7-14-9-10-18-13-14;;/h3-6,14,18H,2,7-13H2,1H3;2*1H. The number of hydrogen-bond donors (Lipinski definition) is 1. The Kier molecular flexibility index (Phi) is 8.17. The molecule has 1 amide bonds. The van der Waals surface area contributed by atoms with Crippen molar-refractivity contribution in [2.75, 3.05) is 42.5 Å². The number of likely N-dealkylation sites (N-methyl/N-ethyl adjacent to an activating group) is 1. The zero-order chi connectivity index (χ0) is 14.7. The van der Waals surface area contributed by atoms with Crippen LogP contribution in [0.25, 0.3) is 0 Å². The van der Waals surface area contributed by atoms with Gasteiger partial charge in [0.1, 0.15) is 0 Å². The number of amides is 1. The lowest BCUT2D eigenvalue weighted by molar-refractivity contribution is -0.118. The van der Waals surface area contributed by atoms with E-state index in [1.165, 1.54) is 12.1 Å². The number of nitrogens with one attached hydrogen (secondary N) is 1. The van der Waals surface area contributed by atoms with E-state index in [9.17, 15) is 4.79 Å². The van der Waals surface area contributed by atoms with Gasteiger partial charge >= 0.3 is 0 Å². The molecule has 0 spiro atoms. The molecule has 1 atom stereocenters. The van der Waals surface area contributed by atoms with Crippen LogP contribution in [0.3, 0.4) is 0 Å². The zero-order valence-electron chi connectivity index (χ0n) is 13.7. The second-order valence-electron chi connectivity index (χ2n) is 6.01. The molecule has 0 aromatic heterocycles. The summed E-state index contributed by atoms with van der Waals surface area (Å²) in [5.74, 6) is 0.964. The molecule has 1 N–H and O–H groups in total. The van der Waals surface area contributed by atoms with Crippen molar-refractivity contribution in [3.05, 3.63) is 24.3 Å². The SMILES string of the molecule is CCN1CCN(C(=O)CCC2CCNC2)c2ccccc21.Cl.Cl.